The number of ether oxygens (including phenoxy) is 2. The number of aryl methyl sites for hydroxylation is 1. The van der Waals surface area contributed by atoms with Crippen molar-refractivity contribution in [3.8, 4) is 11.5 Å². The predicted octanol–water partition coefficient (Wildman–Crippen LogP) is 4.42. The Morgan fingerprint density at radius 2 is 1.94 bits per heavy atom. The van der Waals surface area contributed by atoms with E-state index in [4.69, 9.17) is 9.47 Å². The van der Waals surface area contributed by atoms with E-state index in [1.54, 1.807) is 14.2 Å². The summed E-state index contributed by atoms with van der Waals surface area (Å²) in [6.45, 7) is 2.88. The second-order valence-corrected chi connectivity index (χ2v) is 7.96. The molecule has 6 nitrogen and oxygen atoms in total. The van der Waals surface area contributed by atoms with Crippen LogP contribution in [0.3, 0.4) is 0 Å². The number of rotatable bonds is 7. The second kappa shape index (κ2) is 8.47. The lowest BCUT2D eigenvalue weighted by Crippen LogP contribution is -2.37. The van der Waals surface area contributed by atoms with Gasteiger partial charge in [-0.1, -0.05) is 30.3 Å². The number of nitrogens with one attached hydrogen (secondary N) is 1. The van der Waals surface area contributed by atoms with E-state index in [-0.39, 0.29) is 6.04 Å². The summed E-state index contributed by atoms with van der Waals surface area (Å²) >= 11 is 0. The molecule has 5 rings (SSSR count). The lowest BCUT2D eigenvalue weighted by Gasteiger charge is -2.37. The predicted molar refractivity (Wildman–Crippen MR) is 122 cm³/mol. The molecule has 1 N–H and O–H groups in total. The van der Waals surface area contributed by atoms with Crippen LogP contribution in [0, 0.1) is 0 Å². The van der Waals surface area contributed by atoms with Crippen LogP contribution in [0.15, 0.2) is 60.9 Å². The van der Waals surface area contributed by atoms with Crippen LogP contribution in [0.2, 0.25) is 0 Å². The average molecular weight is 417 g/mol. The zero-order valence-electron chi connectivity index (χ0n) is 18.0. The van der Waals surface area contributed by atoms with Gasteiger partial charge in [0.15, 0.2) is 11.5 Å². The molecule has 1 aliphatic rings. The Kier molecular flexibility index (Phi) is 5.38. The number of aromatic nitrogens is 3. The molecule has 1 aliphatic heterocycles. The molecule has 0 spiro atoms. The minimum Gasteiger partial charge on any atom is -0.493 e. The zero-order chi connectivity index (χ0) is 21.2. The number of benzene rings is 2. The molecule has 3 heterocycles. The zero-order valence-corrected chi connectivity index (χ0v) is 18.0. The molecule has 0 fully saturated rings. The van der Waals surface area contributed by atoms with Gasteiger partial charge in [0.05, 0.1) is 20.3 Å². The Balaban J connectivity index is 1.56. The fourth-order valence-corrected chi connectivity index (χ4v) is 4.88. The minimum absolute atomic E-state index is 0.0822. The molecule has 4 aromatic rings. The highest BCUT2D eigenvalue weighted by Crippen LogP contribution is 2.44. The molecule has 160 valence electrons. The van der Waals surface area contributed by atoms with E-state index in [2.05, 4.69) is 51.4 Å². The average Bonchev–Trinajstić information content (AvgIpc) is 3.46. The Hall–Kier alpha value is -3.25. The van der Waals surface area contributed by atoms with E-state index in [1.807, 2.05) is 29.2 Å². The monoisotopic (exact) mass is 416 g/mol. The third-order valence-corrected chi connectivity index (χ3v) is 6.25. The molecule has 0 aliphatic carbocycles. The first kappa shape index (κ1) is 19.7. The number of hydrogen-bond donors (Lipinski definition) is 1. The number of H-pyrrole nitrogens is 1. The van der Waals surface area contributed by atoms with Gasteiger partial charge in [-0.2, -0.15) is 5.10 Å². The van der Waals surface area contributed by atoms with Crippen molar-refractivity contribution in [2.75, 3.05) is 27.3 Å². The van der Waals surface area contributed by atoms with Crippen LogP contribution in [-0.4, -0.2) is 47.0 Å². The molecule has 0 radical (unpaired) electrons. The molecular formula is C25H28N4O2. The standard InChI is InChI=1S/C25H28N4O2/c1-30-22-11-5-9-20(25(22)31-2)24-23-19(18-8-3-4-10-21(18)27-23)12-17-28(24)14-7-16-29-15-6-13-26-29/h3-6,8-11,13,15,24,27H,7,12,14,16-17H2,1-2H3/t24-/m0/s1. The van der Waals surface area contributed by atoms with Gasteiger partial charge >= 0.3 is 0 Å². The first-order chi connectivity index (χ1) is 15.3. The van der Waals surface area contributed by atoms with Crippen LogP contribution in [0.1, 0.15) is 29.3 Å². The molecule has 31 heavy (non-hydrogen) atoms. The van der Waals surface area contributed by atoms with E-state index in [1.165, 1.54) is 22.2 Å². The summed E-state index contributed by atoms with van der Waals surface area (Å²) in [6, 6.07) is 16.8. The van der Waals surface area contributed by atoms with Crippen LogP contribution in [-0.2, 0) is 13.0 Å². The molecular weight excluding hydrogens is 388 g/mol. The Labute approximate surface area is 182 Å². The van der Waals surface area contributed by atoms with Crippen LogP contribution in [0.25, 0.3) is 10.9 Å². The quantitative estimate of drug-likeness (QED) is 0.485. The topological polar surface area (TPSA) is 55.3 Å². The maximum Gasteiger partial charge on any atom is 0.165 e. The number of methoxy groups -OCH3 is 2. The van der Waals surface area contributed by atoms with Gasteiger partial charge < -0.3 is 14.5 Å². The van der Waals surface area contributed by atoms with E-state index in [0.717, 1.165) is 49.5 Å². The molecule has 0 bridgehead atoms. The summed E-state index contributed by atoms with van der Waals surface area (Å²) in [7, 11) is 3.41. The van der Waals surface area contributed by atoms with Crippen LogP contribution >= 0.6 is 0 Å². The molecule has 1 atom stereocenters. The van der Waals surface area contributed by atoms with Crippen molar-refractivity contribution in [1.29, 1.82) is 0 Å². The fraction of sp³-hybridized carbons (Fsp3) is 0.320. The highest BCUT2D eigenvalue weighted by atomic mass is 16.5. The van der Waals surface area contributed by atoms with Crippen molar-refractivity contribution in [2.24, 2.45) is 0 Å². The van der Waals surface area contributed by atoms with Crippen molar-refractivity contribution in [3.05, 3.63) is 77.7 Å². The van der Waals surface area contributed by atoms with E-state index >= 15 is 0 Å². The summed E-state index contributed by atoms with van der Waals surface area (Å²) in [4.78, 5) is 6.29. The SMILES string of the molecule is COc1cccc([C@H]2c3[nH]c4ccccc4c3CCN2CCCn2cccn2)c1OC. The first-order valence-corrected chi connectivity index (χ1v) is 10.8. The van der Waals surface area contributed by atoms with Gasteiger partial charge in [0, 0.05) is 54.2 Å². The number of aromatic amines is 1. The third-order valence-electron chi connectivity index (χ3n) is 6.25. The number of para-hydroxylation sites is 2. The van der Waals surface area contributed by atoms with Crippen LogP contribution in [0.5, 0.6) is 11.5 Å². The molecule has 0 saturated heterocycles. The molecule has 0 saturated carbocycles. The highest BCUT2D eigenvalue weighted by Gasteiger charge is 2.33. The molecule has 6 heteroatoms. The first-order valence-electron chi connectivity index (χ1n) is 10.8. The smallest absolute Gasteiger partial charge is 0.165 e. The summed E-state index contributed by atoms with van der Waals surface area (Å²) < 4.78 is 13.5. The van der Waals surface area contributed by atoms with E-state index < -0.39 is 0 Å². The highest BCUT2D eigenvalue weighted by molar-refractivity contribution is 5.85. The fourth-order valence-electron chi connectivity index (χ4n) is 4.88. The normalized spacial score (nSPS) is 16.4. The molecule has 0 amide bonds. The van der Waals surface area contributed by atoms with Crippen molar-refractivity contribution in [3.63, 3.8) is 0 Å². The number of fused-ring (bicyclic) bond motifs is 3. The molecule has 2 aromatic carbocycles. The van der Waals surface area contributed by atoms with Gasteiger partial charge in [0.2, 0.25) is 0 Å². The third kappa shape index (κ3) is 3.57. The van der Waals surface area contributed by atoms with Gasteiger partial charge in [-0.25, -0.2) is 0 Å². The maximum atomic E-state index is 5.84. The summed E-state index contributed by atoms with van der Waals surface area (Å²) in [6.07, 6.45) is 5.92. The van der Waals surface area contributed by atoms with Crippen LogP contribution in [0.4, 0.5) is 0 Å². The van der Waals surface area contributed by atoms with Gasteiger partial charge in [0.1, 0.15) is 0 Å². The van der Waals surface area contributed by atoms with Crippen molar-refractivity contribution < 1.29 is 9.47 Å². The van der Waals surface area contributed by atoms with E-state index in [0.29, 0.717) is 0 Å². The van der Waals surface area contributed by atoms with Gasteiger partial charge in [-0.3, -0.25) is 9.58 Å². The Bertz CT molecular complexity index is 1170. The lowest BCUT2D eigenvalue weighted by atomic mass is 9.91. The largest absolute Gasteiger partial charge is 0.493 e. The lowest BCUT2D eigenvalue weighted by molar-refractivity contribution is 0.199. The van der Waals surface area contributed by atoms with Gasteiger partial charge in [-0.15, -0.1) is 0 Å². The minimum atomic E-state index is 0.0822. The van der Waals surface area contributed by atoms with Crippen molar-refractivity contribution in [1.82, 2.24) is 19.7 Å². The van der Waals surface area contributed by atoms with Crippen LogP contribution < -0.4 is 9.47 Å². The summed E-state index contributed by atoms with van der Waals surface area (Å²) in [5.74, 6) is 1.57. The molecule has 0 unspecified atom stereocenters. The number of hydrogen-bond acceptors (Lipinski definition) is 4. The van der Waals surface area contributed by atoms with Crippen molar-refractivity contribution >= 4 is 10.9 Å². The van der Waals surface area contributed by atoms with Gasteiger partial charge in [0.25, 0.3) is 0 Å². The Morgan fingerprint density at radius 1 is 1.03 bits per heavy atom. The Morgan fingerprint density at radius 3 is 2.74 bits per heavy atom. The number of nitrogens with zero attached hydrogens (tertiary/aromatic N) is 3. The van der Waals surface area contributed by atoms with Crippen molar-refractivity contribution in [2.45, 2.75) is 25.4 Å². The maximum absolute atomic E-state index is 5.84. The summed E-state index contributed by atoms with van der Waals surface area (Å²) in [5, 5.41) is 5.67. The summed E-state index contributed by atoms with van der Waals surface area (Å²) in [5.41, 5.74) is 5.00. The molecule has 2 aromatic heterocycles. The second-order valence-electron chi connectivity index (χ2n) is 7.96. The van der Waals surface area contributed by atoms with E-state index in [9.17, 15) is 0 Å². The van der Waals surface area contributed by atoms with Gasteiger partial charge in [-0.05, 0) is 36.6 Å².